The van der Waals surface area contributed by atoms with Crippen molar-refractivity contribution in [3.8, 4) is 0 Å². The normalized spacial score (nSPS) is 15.6. The summed E-state index contributed by atoms with van der Waals surface area (Å²) < 4.78 is 0. The molecule has 1 saturated carbocycles. The monoisotopic (exact) mass is 262 g/mol. The minimum Gasteiger partial charge on any atom is -0.335 e. The summed E-state index contributed by atoms with van der Waals surface area (Å²) in [7, 11) is 0. The van der Waals surface area contributed by atoms with Gasteiger partial charge in [0.25, 0.3) is 5.91 Å². The summed E-state index contributed by atoms with van der Waals surface area (Å²) in [6.07, 6.45) is 2.03. The first-order valence-electron chi connectivity index (χ1n) is 6.64. The molecule has 19 heavy (non-hydrogen) atoms. The Labute approximate surface area is 112 Å². The van der Waals surface area contributed by atoms with E-state index in [0.29, 0.717) is 0 Å². The molecular formula is C14H20N3O2+. The van der Waals surface area contributed by atoms with Crippen LogP contribution in [0.1, 0.15) is 31.4 Å². The molecule has 0 aliphatic heterocycles. The maximum atomic E-state index is 11.6. The fourth-order valence-corrected chi connectivity index (χ4v) is 1.80. The van der Waals surface area contributed by atoms with Crippen molar-refractivity contribution in [1.82, 2.24) is 10.6 Å². The van der Waals surface area contributed by atoms with Crippen molar-refractivity contribution in [2.24, 2.45) is 0 Å². The number of benzene rings is 1. The number of hydrogen-bond acceptors (Lipinski definition) is 2. The van der Waals surface area contributed by atoms with E-state index in [2.05, 4.69) is 10.6 Å². The van der Waals surface area contributed by atoms with Crippen LogP contribution in [0.5, 0.6) is 0 Å². The van der Waals surface area contributed by atoms with Crippen molar-refractivity contribution in [3.63, 3.8) is 0 Å². The molecule has 0 heterocycles. The van der Waals surface area contributed by atoms with E-state index in [1.165, 1.54) is 0 Å². The lowest BCUT2D eigenvalue weighted by atomic mass is 10.1. The summed E-state index contributed by atoms with van der Waals surface area (Å²) in [6, 6.07) is 10.0. The number of imide groups is 1. The van der Waals surface area contributed by atoms with Crippen LogP contribution in [0.3, 0.4) is 0 Å². The van der Waals surface area contributed by atoms with Gasteiger partial charge < -0.3 is 10.6 Å². The van der Waals surface area contributed by atoms with Gasteiger partial charge in [-0.3, -0.25) is 10.1 Å². The third kappa shape index (κ3) is 4.71. The second-order valence-corrected chi connectivity index (χ2v) is 4.94. The number of rotatable bonds is 5. The summed E-state index contributed by atoms with van der Waals surface area (Å²) in [5.41, 5.74) is 1.16. The van der Waals surface area contributed by atoms with Gasteiger partial charge in [-0.05, 0) is 19.8 Å². The van der Waals surface area contributed by atoms with Crippen LogP contribution in [0.15, 0.2) is 30.3 Å². The number of nitrogens with two attached hydrogens (primary N) is 1. The maximum Gasteiger partial charge on any atom is 0.321 e. The van der Waals surface area contributed by atoms with Crippen LogP contribution in [0.4, 0.5) is 4.79 Å². The Bertz CT molecular complexity index is 443. The molecule has 2 rings (SSSR count). The second kappa shape index (κ2) is 6.33. The molecule has 0 aromatic heterocycles. The van der Waals surface area contributed by atoms with Gasteiger partial charge in [0.15, 0.2) is 6.54 Å². The molecule has 0 bridgehead atoms. The van der Waals surface area contributed by atoms with Crippen molar-refractivity contribution in [2.45, 2.75) is 31.8 Å². The summed E-state index contributed by atoms with van der Waals surface area (Å²) in [5.74, 6) is -0.263. The molecule has 1 aliphatic rings. The predicted molar refractivity (Wildman–Crippen MR) is 71.3 cm³/mol. The van der Waals surface area contributed by atoms with Crippen LogP contribution in [-0.4, -0.2) is 24.5 Å². The molecule has 5 nitrogen and oxygen atoms in total. The van der Waals surface area contributed by atoms with Crippen LogP contribution in [0, 0.1) is 0 Å². The molecule has 0 unspecified atom stereocenters. The van der Waals surface area contributed by atoms with Crippen molar-refractivity contribution < 1.29 is 14.9 Å². The third-order valence-electron chi connectivity index (χ3n) is 3.15. The highest BCUT2D eigenvalue weighted by Gasteiger charge is 2.24. The Morgan fingerprint density at radius 3 is 2.63 bits per heavy atom. The number of carbonyl (C=O) groups excluding carboxylic acids is 2. The molecule has 0 radical (unpaired) electrons. The molecule has 1 fully saturated rings. The minimum absolute atomic E-state index is 0.193. The first kappa shape index (κ1) is 13.5. The number of hydrogen-bond donors (Lipinski definition) is 3. The number of quaternary nitrogens is 1. The molecule has 0 spiro atoms. The zero-order valence-corrected chi connectivity index (χ0v) is 11.1. The van der Waals surface area contributed by atoms with Gasteiger partial charge in [-0.15, -0.1) is 0 Å². The molecule has 5 heteroatoms. The number of urea groups is 1. The van der Waals surface area contributed by atoms with Crippen LogP contribution in [0.2, 0.25) is 0 Å². The van der Waals surface area contributed by atoms with Crippen LogP contribution >= 0.6 is 0 Å². The first-order chi connectivity index (χ1) is 9.15. The highest BCUT2D eigenvalue weighted by atomic mass is 16.2. The van der Waals surface area contributed by atoms with Gasteiger partial charge in [-0.2, -0.15) is 0 Å². The summed E-state index contributed by atoms with van der Waals surface area (Å²) in [4.78, 5) is 22.9. The Morgan fingerprint density at radius 1 is 1.32 bits per heavy atom. The highest BCUT2D eigenvalue weighted by Crippen LogP contribution is 2.18. The van der Waals surface area contributed by atoms with Gasteiger partial charge in [-0.1, -0.05) is 30.3 Å². The average molecular weight is 262 g/mol. The van der Waals surface area contributed by atoms with Crippen molar-refractivity contribution in [2.75, 3.05) is 6.54 Å². The first-order valence-corrected chi connectivity index (χ1v) is 6.64. The van der Waals surface area contributed by atoms with E-state index < -0.39 is 0 Å². The van der Waals surface area contributed by atoms with E-state index in [0.717, 1.165) is 18.4 Å². The molecule has 1 atom stereocenters. The van der Waals surface area contributed by atoms with E-state index in [1.807, 2.05) is 42.6 Å². The van der Waals surface area contributed by atoms with Crippen LogP contribution in [-0.2, 0) is 4.79 Å². The number of nitrogens with one attached hydrogen (secondary N) is 2. The number of amides is 3. The summed E-state index contributed by atoms with van der Waals surface area (Å²) in [6.45, 7) is 2.28. The average Bonchev–Trinajstić information content (AvgIpc) is 3.20. The molecule has 1 aliphatic carbocycles. The lowest BCUT2D eigenvalue weighted by Crippen LogP contribution is -2.87. The van der Waals surface area contributed by atoms with Gasteiger partial charge in [0.2, 0.25) is 0 Å². The molecule has 3 amide bonds. The Balaban J connectivity index is 1.69. The molecule has 1 aromatic rings. The van der Waals surface area contributed by atoms with Crippen LogP contribution in [0.25, 0.3) is 0 Å². The largest absolute Gasteiger partial charge is 0.335 e. The summed E-state index contributed by atoms with van der Waals surface area (Å²) in [5, 5.41) is 6.97. The topological polar surface area (TPSA) is 74.8 Å². The van der Waals surface area contributed by atoms with Crippen molar-refractivity contribution in [1.29, 1.82) is 0 Å². The minimum atomic E-state index is -0.381. The van der Waals surface area contributed by atoms with Gasteiger partial charge >= 0.3 is 6.03 Å². The maximum absolute atomic E-state index is 11.6. The van der Waals surface area contributed by atoms with E-state index in [9.17, 15) is 9.59 Å². The van der Waals surface area contributed by atoms with E-state index >= 15 is 0 Å². The van der Waals surface area contributed by atoms with Gasteiger partial charge in [0.05, 0.1) is 0 Å². The molecule has 4 N–H and O–H groups in total. The second-order valence-electron chi connectivity index (χ2n) is 4.94. The predicted octanol–water partition coefficient (Wildman–Crippen LogP) is 0.299. The van der Waals surface area contributed by atoms with Crippen LogP contribution < -0.4 is 16.0 Å². The zero-order valence-electron chi connectivity index (χ0n) is 11.1. The smallest absolute Gasteiger partial charge is 0.321 e. The lowest BCUT2D eigenvalue weighted by molar-refractivity contribution is -0.682. The Hall–Kier alpha value is -1.88. The molecular weight excluding hydrogens is 242 g/mol. The fourth-order valence-electron chi connectivity index (χ4n) is 1.80. The third-order valence-corrected chi connectivity index (χ3v) is 3.15. The SMILES string of the molecule is C[C@H]([NH2+]CC(=O)NC(=O)NC1CC1)c1ccccc1. The van der Waals surface area contributed by atoms with E-state index in [4.69, 9.17) is 0 Å². The van der Waals surface area contributed by atoms with Crippen molar-refractivity contribution in [3.05, 3.63) is 35.9 Å². The zero-order chi connectivity index (χ0) is 13.7. The Morgan fingerprint density at radius 2 is 2.00 bits per heavy atom. The highest BCUT2D eigenvalue weighted by molar-refractivity contribution is 5.94. The summed E-state index contributed by atoms with van der Waals surface area (Å²) >= 11 is 0. The van der Waals surface area contributed by atoms with E-state index in [-0.39, 0.29) is 30.6 Å². The quantitative estimate of drug-likeness (QED) is 0.714. The van der Waals surface area contributed by atoms with Crippen molar-refractivity contribution >= 4 is 11.9 Å². The molecule has 1 aromatic carbocycles. The molecule has 102 valence electrons. The van der Waals surface area contributed by atoms with Gasteiger partial charge in [0, 0.05) is 11.6 Å². The molecule has 0 saturated heterocycles. The lowest BCUT2D eigenvalue weighted by Gasteiger charge is -2.10. The standard InChI is InChI=1S/C14H19N3O2/c1-10(11-5-3-2-4-6-11)15-9-13(18)17-14(19)16-12-7-8-12/h2-6,10,12,15H,7-9H2,1H3,(H2,16,17,18,19)/p+1/t10-/m0/s1. The number of carbonyl (C=O) groups is 2. The van der Waals surface area contributed by atoms with E-state index in [1.54, 1.807) is 0 Å². The Kier molecular flexibility index (Phi) is 4.52. The van der Waals surface area contributed by atoms with Gasteiger partial charge in [0.1, 0.15) is 6.04 Å². The van der Waals surface area contributed by atoms with Gasteiger partial charge in [-0.25, -0.2) is 4.79 Å². The fraction of sp³-hybridized carbons (Fsp3) is 0.429.